The molecule has 0 spiro atoms. The second kappa shape index (κ2) is 5.64. The lowest BCUT2D eigenvalue weighted by atomic mass is 10.4. The van der Waals surface area contributed by atoms with E-state index in [9.17, 15) is 8.42 Å². The molecular weight excluding hydrogens is 232 g/mol. The van der Waals surface area contributed by atoms with Crippen molar-refractivity contribution in [1.29, 1.82) is 0 Å². The molecule has 0 radical (unpaired) electrons. The average Bonchev–Trinajstić information content (AvgIpc) is 2.21. The Bertz CT molecular complexity index is 435. The fourth-order valence-corrected chi connectivity index (χ4v) is 1.79. The maximum absolute atomic E-state index is 11.5. The highest BCUT2D eigenvalue weighted by Gasteiger charge is 2.11. The normalized spacial score (nSPS) is 11.3. The van der Waals surface area contributed by atoms with Gasteiger partial charge in [0, 0.05) is 19.9 Å². The summed E-state index contributed by atoms with van der Waals surface area (Å²) in [5.41, 5.74) is 5.80. The lowest BCUT2D eigenvalue weighted by molar-refractivity contribution is 0.204. The van der Waals surface area contributed by atoms with E-state index in [1.54, 1.807) is 12.1 Å². The average molecular weight is 246 g/mol. The van der Waals surface area contributed by atoms with Gasteiger partial charge in [0.25, 0.3) is 10.2 Å². The number of nitrogen functional groups attached to an aromatic ring is 1. The molecule has 0 fully saturated rings. The highest BCUT2D eigenvalue weighted by atomic mass is 32.2. The van der Waals surface area contributed by atoms with Crippen molar-refractivity contribution < 1.29 is 13.2 Å². The highest BCUT2D eigenvalue weighted by Crippen LogP contribution is 2.13. The topological polar surface area (TPSA) is 106 Å². The molecule has 1 rings (SSSR count). The number of anilines is 2. The molecule has 8 heteroatoms. The van der Waals surface area contributed by atoms with Gasteiger partial charge in [0.2, 0.25) is 0 Å². The Morgan fingerprint density at radius 1 is 1.56 bits per heavy atom. The molecule has 0 unspecified atom stereocenters. The standard InChI is InChI=1S/C8H14N4O3S/c1-15-6-5-11-16(13,14)12-8-7(9)3-2-4-10-8/h2-4,11H,5-6,9H2,1H3,(H,10,12). The van der Waals surface area contributed by atoms with E-state index in [1.807, 2.05) is 0 Å². The summed E-state index contributed by atoms with van der Waals surface area (Å²) in [7, 11) is -2.17. The number of hydrogen-bond donors (Lipinski definition) is 3. The Morgan fingerprint density at radius 2 is 2.31 bits per heavy atom. The first-order valence-electron chi connectivity index (χ1n) is 4.52. The van der Waals surface area contributed by atoms with Crippen LogP contribution in [0.4, 0.5) is 11.5 Å². The van der Waals surface area contributed by atoms with Crippen LogP contribution in [-0.4, -0.2) is 33.7 Å². The molecule has 0 aliphatic heterocycles. The second-order valence-corrected chi connectivity index (χ2v) is 4.43. The van der Waals surface area contributed by atoms with E-state index in [-0.39, 0.29) is 18.1 Å². The van der Waals surface area contributed by atoms with Crippen LogP contribution in [0.1, 0.15) is 0 Å². The van der Waals surface area contributed by atoms with Gasteiger partial charge in [0.15, 0.2) is 5.82 Å². The van der Waals surface area contributed by atoms with Crippen LogP contribution in [-0.2, 0) is 14.9 Å². The zero-order chi connectivity index (χ0) is 12.0. The van der Waals surface area contributed by atoms with Crippen molar-refractivity contribution in [2.45, 2.75) is 0 Å². The molecule has 90 valence electrons. The van der Waals surface area contributed by atoms with Gasteiger partial charge in [-0.1, -0.05) is 0 Å². The van der Waals surface area contributed by atoms with Crippen molar-refractivity contribution in [3.8, 4) is 0 Å². The van der Waals surface area contributed by atoms with Crippen LogP contribution in [0.2, 0.25) is 0 Å². The van der Waals surface area contributed by atoms with Gasteiger partial charge in [-0.05, 0) is 12.1 Å². The van der Waals surface area contributed by atoms with Crippen LogP contribution in [0.5, 0.6) is 0 Å². The maximum Gasteiger partial charge on any atom is 0.300 e. The molecule has 16 heavy (non-hydrogen) atoms. The quantitative estimate of drug-likeness (QED) is 0.590. The first-order valence-corrected chi connectivity index (χ1v) is 6.00. The predicted octanol–water partition coefficient (Wildman–Crippen LogP) is -0.443. The number of rotatable bonds is 6. The first kappa shape index (κ1) is 12.7. The Morgan fingerprint density at radius 3 is 2.94 bits per heavy atom. The summed E-state index contributed by atoms with van der Waals surface area (Å²) < 4.78 is 32.1. The molecule has 0 atom stereocenters. The molecule has 0 amide bonds. The van der Waals surface area contributed by atoms with E-state index in [1.165, 1.54) is 13.3 Å². The van der Waals surface area contributed by atoms with Crippen molar-refractivity contribution in [3.05, 3.63) is 18.3 Å². The number of pyridine rings is 1. The molecule has 0 aliphatic carbocycles. The minimum Gasteiger partial charge on any atom is -0.396 e. The first-order chi connectivity index (χ1) is 7.55. The molecule has 1 heterocycles. The molecule has 0 aliphatic rings. The van der Waals surface area contributed by atoms with Crippen molar-refractivity contribution >= 4 is 21.7 Å². The van der Waals surface area contributed by atoms with E-state index < -0.39 is 10.2 Å². The van der Waals surface area contributed by atoms with Crippen LogP contribution in [0.3, 0.4) is 0 Å². The minimum absolute atomic E-state index is 0.104. The molecule has 1 aromatic rings. The zero-order valence-corrected chi connectivity index (χ0v) is 9.62. The molecule has 0 saturated carbocycles. The van der Waals surface area contributed by atoms with Gasteiger partial charge in [-0.15, -0.1) is 0 Å². The molecule has 0 bridgehead atoms. The third-order valence-electron chi connectivity index (χ3n) is 1.67. The van der Waals surface area contributed by atoms with E-state index in [2.05, 4.69) is 14.4 Å². The van der Waals surface area contributed by atoms with Crippen LogP contribution >= 0.6 is 0 Å². The van der Waals surface area contributed by atoms with Gasteiger partial charge in [-0.25, -0.2) is 4.98 Å². The van der Waals surface area contributed by atoms with Crippen molar-refractivity contribution in [2.24, 2.45) is 0 Å². The Balaban J connectivity index is 2.63. The lowest BCUT2D eigenvalue weighted by Gasteiger charge is -2.09. The van der Waals surface area contributed by atoms with E-state index in [0.29, 0.717) is 6.61 Å². The van der Waals surface area contributed by atoms with Gasteiger partial charge in [0.1, 0.15) is 0 Å². The summed E-state index contributed by atoms with van der Waals surface area (Å²) in [5.74, 6) is 0.104. The van der Waals surface area contributed by atoms with Crippen molar-refractivity contribution in [1.82, 2.24) is 9.71 Å². The lowest BCUT2D eigenvalue weighted by Crippen LogP contribution is -2.33. The molecule has 7 nitrogen and oxygen atoms in total. The van der Waals surface area contributed by atoms with E-state index >= 15 is 0 Å². The van der Waals surface area contributed by atoms with Gasteiger partial charge < -0.3 is 10.5 Å². The summed E-state index contributed by atoms with van der Waals surface area (Å²) >= 11 is 0. The van der Waals surface area contributed by atoms with Gasteiger partial charge in [-0.2, -0.15) is 13.1 Å². The van der Waals surface area contributed by atoms with Gasteiger partial charge in [0.05, 0.1) is 12.3 Å². The number of nitrogens with zero attached hydrogens (tertiary/aromatic N) is 1. The monoisotopic (exact) mass is 246 g/mol. The van der Waals surface area contributed by atoms with Crippen molar-refractivity contribution in [2.75, 3.05) is 30.7 Å². The molecule has 0 aromatic carbocycles. The fraction of sp³-hybridized carbons (Fsp3) is 0.375. The minimum atomic E-state index is -3.65. The summed E-state index contributed by atoms with van der Waals surface area (Å²) in [5, 5.41) is 0. The Labute approximate surface area is 94.2 Å². The number of aromatic nitrogens is 1. The van der Waals surface area contributed by atoms with Crippen LogP contribution in [0.15, 0.2) is 18.3 Å². The van der Waals surface area contributed by atoms with Gasteiger partial charge in [-0.3, -0.25) is 4.72 Å². The SMILES string of the molecule is COCCNS(=O)(=O)Nc1ncccc1N. The molecular formula is C8H14N4O3S. The second-order valence-electron chi connectivity index (χ2n) is 2.93. The molecule has 0 saturated heterocycles. The number of methoxy groups -OCH3 is 1. The molecule has 4 N–H and O–H groups in total. The summed E-state index contributed by atoms with van der Waals surface area (Å²) in [6.45, 7) is 0.469. The number of nitrogens with two attached hydrogens (primary N) is 1. The number of hydrogen-bond acceptors (Lipinski definition) is 5. The third-order valence-corrected chi connectivity index (χ3v) is 2.71. The maximum atomic E-state index is 11.5. The van der Waals surface area contributed by atoms with Crippen LogP contribution in [0.25, 0.3) is 0 Å². The smallest absolute Gasteiger partial charge is 0.300 e. The van der Waals surface area contributed by atoms with Crippen LogP contribution in [0, 0.1) is 0 Å². The van der Waals surface area contributed by atoms with Crippen LogP contribution < -0.4 is 15.2 Å². The zero-order valence-electron chi connectivity index (χ0n) is 8.80. The summed E-state index contributed by atoms with van der Waals surface area (Å²) in [6.07, 6.45) is 1.45. The number of nitrogens with one attached hydrogen (secondary N) is 2. The van der Waals surface area contributed by atoms with Gasteiger partial charge >= 0.3 is 0 Å². The Kier molecular flexibility index (Phi) is 4.47. The summed E-state index contributed by atoms with van der Waals surface area (Å²) in [6, 6.07) is 3.17. The largest absolute Gasteiger partial charge is 0.396 e. The Hall–Kier alpha value is -1.38. The van der Waals surface area contributed by atoms with E-state index in [0.717, 1.165) is 0 Å². The predicted molar refractivity (Wildman–Crippen MR) is 61.1 cm³/mol. The third kappa shape index (κ3) is 4.01. The van der Waals surface area contributed by atoms with Crippen molar-refractivity contribution in [3.63, 3.8) is 0 Å². The fourth-order valence-electron chi connectivity index (χ4n) is 0.944. The summed E-state index contributed by atoms with van der Waals surface area (Å²) in [4.78, 5) is 3.81. The van der Waals surface area contributed by atoms with E-state index in [4.69, 9.17) is 10.5 Å². The highest BCUT2D eigenvalue weighted by molar-refractivity contribution is 7.90. The number of ether oxygens (including phenoxy) is 1. The molecule has 1 aromatic heterocycles.